The predicted octanol–water partition coefficient (Wildman–Crippen LogP) is 2.80. The van der Waals surface area contributed by atoms with E-state index < -0.39 is 5.41 Å². The average molecular weight is 306 g/mol. The van der Waals surface area contributed by atoms with Gasteiger partial charge in [-0.1, -0.05) is 0 Å². The van der Waals surface area contributed by atoms with Crippen LogP contribution in [-0.2, 0) is 16.1 Å². The molecule has 1 aromatic rings. The molecule has 16 heavy (non-hydrogen) atoms. The highest BCUT2D eigenvalue weighted by molar-refractivity contribution is 9.11. The summed E-state index contributed by atoms with van der Waals surface area (Å²) in [5, 5.41) is 5.34. The molecule has 1 rings (SSSR count). The second kappa shape index (κ2) is 5.80. The molecular weight excluding hydrogens is 290 g/mol. The third-order valence-electron chi connectivity index (χ3n) is 2.26. The molecule has 0 aliphatic carbocycles. The van der Waals surface area contributed by atoms with Crippen molar-refractivity contribution in [2.75, 3.05) is 13.7 Å². The Kier molecular flexibility index (Phi) is 4.95. The number of ether oxygens (including phenoxy) is 1. The van der Waals surface area contributed by atoms with Crippen molar-refractivity contribution in [2.24, 2.45) is 5.41 Å². The SMILES string of the molecule is COC(=O)C(C)(C)CNCc1csc(Br)c1. The van der Waals surface area contributed by atoms with Gasteiger partial charge in [-0.15, -0.1) is 11.3 Å². The molecule has 5 heteroatoms. The van der Waals surface area contributed by atoms with Crippen molar-refractivity contribution in [3.05, 3.63) is 20.8 Å². The zero-order valence-corrected chi connectivity index (χ0v) is 12.1. The number of methoxy groups -OCH3 is 1. The van der Waals surface area contributed by atoms with E-state index in [1.165, 1.54) is 12.7 Å². The van der Waals surface area contributed by atoms with Gasteiger partial charge >= 0.3 is 5.97 Å². The summed E-state index contributed by atoms with van der Waals surface area (Å²) in [7, 11) is 1.42. The summed E-state index contributed by atoms with van der Waals surface area (Å²) < 4.78 is 5.86. The Morgan fingerprint density at radius 2 is 2.31 bits per heavy atom. The molecule has 0 bridgehead atoms. The van der Waals surface area contributed by atoms with Crippen LogP contribution in [-0.4, -0.2) is 19.6 Å². The number of carbonyl (C=O) groups excluding carboxylic acids is 1. The number of rotatable bonds is 5. The van der Waals surface area contributed by atoms with E-state index in [1.807, 2.05) is 13.8 Å². The van der Waals surface area contributed by atoms with Gasteiger partial charge in [-0.25, -0.2) is 0 Å². The van der Waals surface area contributed by atoms with E-state index in [2.05, 4.69) is 32.7 Å². The normalized spacial score (nSPS) is 11.5. The Hall–Kier alpha value is -0.390. The number of esters is 1. The highest BCUT2D eigenvalue weighted by Gasteiger charge is 2.27. The molecule has 0 fully saturated rings. The molecule has 0 radical (unpaired) electrons. The van der Waals surface area contributed by atoms with Gasteiger partial charge in [0.05, 0.1) is 16.3 Å². The molecule has 90 valence electrons. The maximum atomic E-state index is 11.4. The van der Waals surface area contributed by atoms with Crippen molar-refractivity contribution < 1.29 is 9.53 Å². The second-order valence-corrected chi connectivity index (χ2v) is 6.53. The molecule has 1 heterocycles. The van der Waals surface area contributed by atoms with Gasteiger partial charge in [0, 0.05) is 13.1 Å². The first kappa shape index (κ1) is 13.7. The average Bonchev–Trinajstić information content (AvgIpc) is 2.62. The van der Waals surface area contributed by atoms with Gasteiger partial charge in [-0.05, 0) is 46.8 Å². The summed E-state index contributed by atoms with van der Waals surface area (Å²) in [5.74, 6) is -0.188. The number of hydrogen-bond acceptors (Lipinski definition) is 4. The van der Waals surface area contributed by atoms with Crippen molar-refractivity contribution >= 4 is 33.2 Å². The lowest BCUT2D eigenvalue weighted by Crippen LogP contribution is -2.36. The van der Waals surface area contributed by atoms with Gasteiger partial charge in [-0.2, -0.15) is 0 Å². The number of halogens is 1. The highest BCUT2D eigenvalue weighted by Crippen LogP contribution is 2.21. The quantitative estimate of drug-likeness (QED) is 0.850. The van der Waals surface area contributed by atoms with Crippen LogP contribution >= 0.6 is 27.3 Å². The smallest absolute Gasteiger partial charge is 0.312 e. The number of hydrogen-bond donors (Lipinski definition) is 1. The summed E-state index contributed by atoms with van der Waals surface area (Å²) in [6.07, 6.45) is 0. The fraction of sp³-hybridized carbons (Fsp3) is 0.545. The molecule has 0 saturated carbocycles. The van der Waals surface area contributed by atoms with E-state index in [9.17, 15) is 4.79 Å². The minimum absolute atomic E-state index is 0.188. The topological polar surface area (TPSA) is 38.3 Å². The van der Waals surface area contributed by atoms with Gasteiger partial charge in [0.25, 0.3) is 0 Å². The Morgan fingerprint density at radius 3 is 2.81 bits per heavy atom. The first-order valence-corrected chi connectivity index (χ1v) is 6.65. The minimum Gasteiger partial charge on any atom is -0.469 e. The molecule has 0 saturated heterocycles. The van der Waals surface area contributed by atoms with E-state index in [1.54, 1.807) is 11.3 Å². The molecular formula is C11H16BrNO2S. The Balaban J connectivity index is 2.38. The molecule has 3 nitrogen and oxygen atoms in total. The lowest BCUT2D eigenvalue weighted by Gasteiger charge is -2.21. The fourth-order valence-corrected chi connectivity index (χ4v) is 2.52. The van der Waals surface area contributed by atoms with Crippen LogP contribution in [0.25, 0.3) is 0 Å². The van der Waals surface area contributed by atoms with Gasteiger partial charge in [0.1, 0.15) is 0 Å². The van der Waals surface area contributed by atoms with Crippen molar-refractivity contribution in [2.45, 2.75) is 20.4 Å². The summed E-state index contributed by atoms with van der Waals surface area (Å²) in [6, 6.07) is 2.07. The summed E-state index contributed by atoms with van der Waals surface area (Å²) in [4.78, 5) is 11.4. The highest BCUT2D eigenvalue weighted by atomic mass is 79.9. The minimum atomic E-state index is -0.484. The first-order chi connectivity index (χ1) is 7.45. The van der Waals surface area contributed by atoms with Crippen LogP contribution in [0, 0.1) is 5.41 Å². The Morgan fingerprint density at radius 1 is 1.62 bits per heavy atom. The van der Waals surface area contributed by atoms with Crippen LogP contribution in [0.3, 0.4) is 0 Å². The zero-order valence-electron chi connectivity index (χ0n) is 9.67. The summed E-state index contributed by atoms with van der Waals surface area (Å²) >= 11 is 5.07. The lowest BCUT2D eigenvalue weighted by atomic mass is 9.94. The molecule has 0 amide bonds. The predicted molar refractivity (Wildman–Crippen MR) is 69.5 cm³/mol. The van der Waals surface area contributed by atoms with Crippen molar-refractivity contribution in [1.29, 1.82) is 0 Å². The van der Waals surface area contributed by atoms with Gasteiger partial charge in [-0.3, -0.25) is 4.79 Å². The molecule has 0 atom stereocenters. The number of nitrogens with one attached hydrogen (secondary N) is 1. The van der Waals surface area contributed by atoms with Crippen LogP contribution in [0.5, 0.6) is 0 Å². The number of carbonyl (C=O) groups is 1. The monoisotopic (exact) mass is 305 g/mol. The zero-order chi connectivity index (χ0) is 12.2. The van der Waals surface area contributed by atoms with Crippen LogP contribution in [0.1, 0.15) is 19.4 Å². The van der Waals surface area contributed by atoms with Crippen molar-refractivity contribution in [1.82, 2.24) is 5.32 Å². The fourth-order valence-electron chi connectivity index (χ4n) is 1.31. The molecule has 0 aromatic carbocycles. The maximum absolute atomic E-state index is 11.4. The van der Waals surface area contributed by atoms with Crippen molar-refractivity contribution in [3.8, 4) is 0 Å². The standard InChI is InChI=1S/C11H16BrNO2S/c1-11(2,10(14)15-3)7-13-5-8-4-9(12)16-6-8/h4,6,13H,5,7H2,1-3H3. The van der Waals surface area contributed by atoms with Crippen molar-refractivity contribution in [3.63, 3.8) is 0 Å². The third kappa shape index (κ3) is 3.88. The summed E-state index contributed by atoms with van der Waals surface area (Å²) in [5.41, 5.74) is 0.736. The Labute approximate surface area is 108 Å². The number of thiophene rings is 1. The summed E-state index contributed by atoms with van der Waals surface area (Å²) in [6.45, 7) is 5.11. The van der Waals surface area contributed by atoms with Gasteiger partial charge in [0.2, 0.25) is 0 Å². The first-order valence-electron chi connectivity index (χ1n) is 4.98. The Bertz CT molecular complexity index is 363. The van der Waals surface area contributed by atoms with E-state index in [-0.39, 0.29) is 5.97 Å². The maximum Gasteiger partial charge on any atom is 0.312 e. The van der Waals surface area contributed by atoms with Crippen LogP contribution in [0.4, 0.5) is 0 Å². The largest absolute Gasteiger partial charge is 0.469 e. The van der Waals surface area contributed by atoms with Crippen LogP contribution in [0.2, 0.25) is 0 Å². The molecule has 0 spiro atoms. The van der Waals surface area contributed by atoms with E-state index in [0.717, 1.165) is 10.3 Å². The van der Waals surface area contributed by atoms with E-state index in [0.29, 0.717) is 6.54 Å². The van der Waals surface area contributed by atoms with Crippen LogP contribution < -0.4 is 5.32 Å². The van der Waals surface area contributed by atoms with Gasteiger partial charge in [0.15, 0.2) is 0 Å². The van der Waals surface area contributed by atoms with Gasteiger partial charge < -0.3 is 10.1 Å². The third-order valence-corrected chi connectivity index (χ3v) is 3.81. The second-order valence-electron chi connectivity index (χ2n) is 4.24. The van der Waals surface area contributed by atoms with E-state index in [4.69, 9.17) is 4.74 Å². The molecule has 1 N–H and O–H groups in total. The molecule has 0 aliphatic heterocycles. The molecule has 0 aliphatic rings. The molecule has 1 aromatic heterocycles. The molecule has 0 unspecified atom stereocenters. The lowest BCUT2D eigenvalue weighted by molar-refractivity contribution is -0.150. The van der Waals surface area contributed by atoms with Crippen LogP contribution in [0.15, 0.2) is 15.2 Å². The van der Waals surface area contributed by atoms with E-state index >= 15 is 0 Å².